The van der Waals surface area contributed by atoms with E-state index in [2.05, 4.69) is 17.4 Å². The highest BCUT2D eigenvalue weighted by atomic mass is 32.2. The molecule has 0 bridgehead atoms. The summed E-state index contributed by atoms with van der Waals surface area (Å²) < 4.78 is 5.34. The van der Waals surface area contributed by atoms with Crippen LogP contribution in [0.4, 0.5) is 0 Å². The Hall–Kier alpha value is -0.710. The first kappa shape index (κ1) is 14.4. The van der Waals surface area contributed by atoms with Gasteiger partial charge in [0.15, 0.2) is 0 Å². The third-order valence-electron chi connectivity index (χ3n) is 2.61. The molecule has 1 aromatic rings. The van der Waals surface area contributed by atoms with Gasteiger partial charge in [-0.25, -0.2) is 0 Å². The summed E-state index contributed by atoms with van der Waals surface area (Å²) >= 11 is 1.67. The highest BCUT2D eigenvalue weighted by Crippen LogP contribution is 2.28. The third kappa shape index (κ3) is 4.22. The summed E-state index contributed by atoms with van der Waals surface area (Å²) in [5.74, 6) is 0.901. The molecule has 0 radical (unpaired) electrons. The summed E-state index contributed by atoms with van der Waals surface area (Å²) in [5.41, 5.74) is 0.895. The second-order valence-electron chi connectivity index (χ2n) is 4.58. The Bertz CT molecular complexity index is 366. The number of aliphatic hydroxyl groups is 1. The average molecular weight is 255 g/mol. The van der Waals surface area contributed by atoms with Crippen LogP contribution in [0.5, 0.6) is 5.75 Å². The first-order valence-corrected chi connectivity index (χ1v) is 6.81. The highest BCUT2D eigenvalue weighted by Gasteiger charge is 2.15. The molecule has 0 saturated carbocycles. The zero-order valence-electron chi connectivity index (χ0n) is 10.9. The summed E-state index contributed by atoms with van der Waals surface area (Å²) in [4.78, 5) is 1.14. The SMILES string of the molecule is COc1cc(CNC(C)(C)CO)ccc1SC. The first-order chi connectivity index (χ1) is 8.02. The zero-order valence-corrected chi connectivity index (χ0v) is 11.7. The number of hydrogen-bond donors (Lipinski definition) is 2. The van der Waals surface area contributed by atoms with E-state index in [9.17, 15) is 0 Å². The smallest absolute Gasteiger partial charge is 0.132 e. The van der Waals surface area contributed by atoms with Crippen molar-refractivity contribution in [2.24, 2.45) is 0 Å². The molecule has 1 aromatic carbocycles. The lowest BCUT2D eigenvalue weighted by atomic mass is 10.1. The molecule has 1 rings (SSSR count). The zero-order chi connectivity index (χ0) is 12.9. The van der Waals surface area contributed by atoms with Crippen LogP contribution in [0.2, 0.25) is 0 Å². The third-order valence-corrected chi connectivity index (χ3v) is 3.39. The Morgan fingerprint density at radius 2 is 2.12 bits per heavy atom. The predicted molar refractivity (Wildman–Crippen MR) is 72.8 cm³/mol. The van der Waals surface area contributed by atoms with Crippen LogP contribution in [-0.4, -0.2) is 30.6 Å². The molecule has 17 heavy (non-hydrogen) atoms. The van der Waals surface area contributed by atoms with Gasteiger partial charge < -0.3 is 15.2 Å². The van der Waals surface area contributed by atoms with Crippen molar-refractivity contribution >= 4 is 11.8 Å². The minimum atomic E-state index is -0.259. The molecule has 0 saturated heterocycles. The quantitative estimate of drug-likeness (QED) is 0.765. The molecular formula is C13H21NO2S. The molecule has 0 atom stereocenters. The Morgan fingerprint density at radius 3 is 2.65 bits per heavy atom. The van der Waals surface area contributed by atoms with Crippen LogP contribution in [0.3, 0.4) is 0 Å². The summed E-state index contributed by atoms with van der Waals surface area (Å²) in [7, 11) is 1.68. The molecule has 4 heteroatoms. The summed E-state index contributed by atoms with van der Waals surface area (Å²) in [6.07, 6.45) is 2.03. The van der Waals surface area contributed by atoms with Gasteiger partial charge in [0.2, 0.25) is 0 Å². The van der Waals surface area contributed by atoms with Crippen LogP contribution >= 0.6 is 11.8 Å². The van der Waals surface area contributed by atoms with Gasteiger partial charge >= 0.3 is 0 Å². The lowest BCUT2D eigenvalue weighted by Gasteiger charge is -2.23. The maximum atomic E-state index is 9.16. The van der Waals surface area contributed by atoms with E-state index in [0.29, 0.717) is 0 Å². The lowest BCUT2D eigenvalue weighted by Crippen LogP contribution is -2.42. The van der Waals surface area contributed by atoms with E-state index in [0.717, 1.165) is 22.8 Å². The summed E-state index contributed by atoms with van der Waals surface area (Å²) in [6.45, 7) is 4.78. The molecular weight excluding hydrogens is 234 g/mol. The predicted octanol–water partition coefficient (Wildman–Crippen LogP) is 2.28. The van der Waals surface area contributed by atoms with Gasteiger partial charge in [-0.1, -0.05) is 6.07 Å². The number of thioether (sulfide) groups is 1. The van der Waals surface area contributed by atoms with Crippen molar-refractivity contribution in [1.82, 2.24) is 5.32 Å². The molecule has 2 N–H and O–H groups in total. The van der Waals surface area contributed by atoms with Crippen molar-refractivity contribution in [2.45, 2.75) is 30.8 Å². The molecule has 3 nitrogen and oxygen atoms in total. The van der Waals surface area contributed by atoms with E-state index >= 15 is 0 Å². The topological polar surface area (TPSA) is 41.5 Å². The number of aliphatic hydroxyl groups excluding tert-OH is 1. The van der Waals surface area contributed by atoms with E-state index in [1.165, 1.54) is 0 Å². The summed E-state index contributed by atoms with van der Waals surface area (Å²) in [6, 6.07) is 6.17. The van der Waals surface area contributed by atoms with Gasteiger partial charge in [-0.15, -0.1) is 11.8 Å². The fraction of sp³-hybridized carbons (Fsp3) is 0.538. The van der Waals surface area contributed by atoms with Crippen molar-refractivity contribution in [1.29, 1.82) is 0 Å². The second-order valence-corrected chi connectivity index (χ2v) is 5.43. The summed E-state index contributed by atoms with van der Waals surface area (Å²) in [5, 5.41) is 12.5. The molecule has 0 aliphatic carbocycles. The molecule has 0 aromatic heterocycles. The number of nitrogens with one attached hydrogen (secondary N) is 1. The molecule has 0 heterocycles. The molecule has 0 fully saturated rings. The second kappa shape index (κ2) is 6.28. The van der Waals surface area contributed by atoms with E-state index in [1.54, 1.807) is 18.9 Å². The van der Waals surface area contributed by atoms with Crippen LogP contribution in [-0.2, 0) is 6.54 Å². The molecule has 0 spiro atoms. The largest absolute Gasteiger partial charge is 0.496 e. The Balaban J connectivity index is 2.73. The molecule has 0 unspecified atom stereocenters. The van der Waals surface area contributed by atoms with Crippen molar-refractivity contribution in [2.75, 3.05) is 20.0 Å². The van der Waals surface area contributed by atoms with E-state index < -0.39 is 0 Å². The van der Waals surface area contributed by atoms with Gasteiger partial charge in [0.05, 0.1) is 13.7 Å². The number of rotatable bonds is 6. The van der Waals surface area contributed by atoms with Crippen molar-refractivity contribution < 1.29 is 9.84 Å². The Labute approximate surface area is 108 Å². The van der Waals surface area contributed by atoms with Crippen LogP contribution < -0.4 is 10.1 Å². The normalized spacial score (nSPS) is 11.6. The maximum absolute atomic E-state index is 9.16. The van der Waals surface area contributed by atoms with Gasteiger partial charge in [0.25, 0.3) is 0 Å². The van der Waals surface area contributed by atoms with Crippen LogP contribution in [0.15, 0.2) is 23.1 Å². The fourth-order valence-electron chi connectivity index (χ4n) is 1.39. The van der Waals surface area contributed by atoms with Crippen molar-refractivity contribution in [3.8, 4) is 5.75 Å². The maximum Gasteiger partial charge on any atom is 0.132 e. The van der Waals surface area contributed by atoms with E-state index in [1.807, 2.05) is 26.2 Å². The molecule has 96 valence electrons. The van der Waals surface area contributed by atoms with E-state index in [4.69, 9.17) is 9.84 Å². The minimum absolute atomic E-state index is 0.118. The van der Waals surface area contributed by atoms with Gasteiger partial charge in [0.1, 0.15) is 5.75 Å². The fourth-order valence-corrected chi connectivity index (χ4v) is 1.94. The first-order valence-electron chi connectivity index (χ1n) is 5.59. The van der Waals surface area contributed by atoms with Crippen LogP contribution in [0, 0.1) is 0 Å². The van der Waals surface area contributed by atoms with Crippen LogP contribution in [0.1, 0.15) is 19.4 Å². The van der Waals surface area contributed by atoms with Crippen molar-refractivity contribution in [3.05, 3.63) is 23.8 Å². The Kier molecular flexibility index (Phi) is 5.31. The average Bonchev–Trinajstić information content (AvgIpc) is 2.36. The highest BCUT2D eigenvalue weighted by molar-refractivity contribution is 7.98. The van der Waals surface area contributed by atoms with Crippen LogP contribution in [0.25, 0.3) is 0 Å². The number of hydrogen-bond acceptors (Lipinski definition) is 4. The van der Waals surface area contributed by atoms with Gasteiger partial charge in [-0.05, 0) is 37.8 Å². The van der Waals surface area contributed by atoms with Gasteiger partial charge in [0, 0.05) is 17.0 Å². The van der Waals surface area contributed by atoms with Gasteiger partial charge in [-0.2, -0.15) is 0 Å². The molecule has 0 aliphatic heterocycles. The standard InChI is InChI=1S/C13H21NO2S/c1-13(2,9-15)14-8-10-5-6-12(17-4)11(7-10)16-3/h5-7,14-15H,8-9H2,1-4H3. The van der Waals surface area contributed by atoms with Gasteiger partial charge in [-0.3, -0.25) is 0 Å². The monoisotopic (exact) mass is 255 g/mol. The Morgan fingerprint density at radius 1 is 1.41 bits per heavy atom. The van der Waals surface area contributed by atoms with E-state index in [-0.39, 0.29) is 12.1 Å². The van der Waals surface area contributed by atoms with Crippen molar-refractivity contribution in [3.63, 3.8) is 0 Å². The molecule has 0 aliphatic rings. The molecule has 0 amide bonds. The number of benzene rings is 1. The lowest BCUT2D eigenvalue weighted by molar-refractivity contribution is 0.187. The number of methoxy groups -OCH3 is 1. The minimum Gasteiger partial charge on any atom is -0.496 e. The number of ether oxygens (including phenoxy) is 1.